The van der Waals surface area contributed by atoms with Crippen LogP contribution in [0.5, 0.6) is 0 Å². The van der Waals surface area contributed by atoms with E-state index in [0.29, 0.717) is 15.7 Å². The van der Waals surface area contributed by atoms with Gasteiger partial charge >= 0.3 is 0 Å². The van der Waals surface area contributed by atoms with E-state index in [-0.39, 0.29) is 11.7 Å². The molecule has 0 aliphatic carbocycles. The molecule has 4 rings (SSSR count). The van der Waals surface area contributed by atoms with Gasteiger partial charge in [0.2, 0.25) is 0 Å². The first-order chi connectivity index (χ1) is 13.6. The minimum Gasteiger partial charge on any atom is -0.444 e. The molecule has 2 aliphatic heterocycles. The van der Waals surface area contributed by atoms with Crippen molar-refractivity contribution in [3.8, 4) is 0 Å². The number of para-hydroxylation sites is 1. The van der Waals surface area contributed by atoms with Crippen LogP contribution in [0.4, 0.5) is 11.4 Å². The van der Waals surface area contributed by atoms with E-state index in [1.807, 2.05) is 18.2 Å². The molecule has 0 radical (unpaired) electrons. The molecule has 2 aromatic rings. The molecule has 3 heterocycles. The maximum atomic E-state index is 12.5. The predicted octanol–water partition coefficient (Wildman–Crippen LogP) is 5.40. The number of rotatable bonds is 4. The fraction of sp³-hybridized carbons (Fsp3) is 0.476. The number of furan rings is 1. The van der Waals surface area contributed by atoms with Crippen LogP contribution >= 0.6 is 27.5 Å². The number of benzene rings is 1. The van der Waals surface area contributed by atoms with Gasteiger partial charge in [-0.25, -0.2) is 0 Å². The second-order valence-electron chi connectivity index (χ2n) is 7.51. The molecule has 0 bridgehead atoms. The van der Waals surface area contributed by atoms with E-state index in [1.54, 1.807) is 12.1 Å². The summed E-state index contributed by atoms with van der Waals surface area (Å²) in [5, 5.41) is 3.62. The summed E-state index contributed by atoms with van der Waals surface area (Å²) in [7, 11) is 0. The minimum absolute atomic E-state index is 0.265. The Balaban J connectivity index is 1.46. The molecule has 1 aromatic heterocycles. The molecule has 28 heavy (non-hydrogen) atoms. The number of halogens is 2. The number of amides is 1. The fourth-order valence-electron chi connectivity index (χ4n) is 4.30. The highest BCUT2D eigenvalue weighted by atomic mass is 79.9. The molecule has 1 N–H and O–H groups in total. The molecule has 0 atom stereocenters. The van der Waals surface area contributed by atoms with E-state index in [1.165, 1.54) is 32.4 Å². The Morgan fingerprint density at radius 3 is 2.50 bits per heavy atom. The Morgan fingerprint density at radius 2 is 1.82 bits per heavy atom. The summed E-state index contributed by atoms with van der Waals surface area (Å²) in [5.74, 6) is -0.0148. The summed E-state index contributed by atoms with van der Waals surface area (Å²) < 4.78 is 5.90. The molecule has 7 heteroatoms. The number of piperidine rings is 2. The maximum absolute atomic E-state index is 12.5. The van der Waals surface area contributed by atoms with E-state index in [2.05, 4.69) is 31.0 Å². The predicted molar refractivity (Wildman–Crippen MR) is 116 cm³/mol. The Kier molecular flexibility index (Phi) is 6.28. The van der Waals surface area contributed by atoms with Crippen LogP contribution in [0, 0.1) is 0 Å². The van der Waals surface area contributed by atoms with Crippen LogP contribution in [0.2, 0.25) is 5.02 Å². The summed E-state index contributed by atoms with van der Waals surface area (Å²) in [5.41, 5.74) is 1.63. The highest BCUT2D eigenvalue weighted by Gasteiger charge is 2.28. The van der Waals surface area contributed by atoms with E-state index in [4.69, 9.17) is 16.0 Å². The number of nitrogens with one attached hydrogen (secondary N) is 1. The van der Waals surface area contributed by atoms with E-state index >= 15 is 0 Å². The number of likely N-dealkylation sites (tertiary alicyclic amines) is 1. The first-order valence-corrected chi connectivity index (χ1v) is 11.1. The second-order valence-corrected chi connectivity index (χ2v) is 8.70. The first-order valence-electron chi connectivity index (χ1n) is 9.96. The van der Waals surface area contributed by atoms with Crippen LogP contribution in [0.3, 0.4) is 0 Å². The second kappa shape index (κ2) is 8.89. The lowest BCUT2D eigenvalue weighted by atomic mass is 9.99. The largest absolute Gasteiger partial charge is 0.444 e. The van der Waals surface area contributed by atoms with Gasteiger partial charge in [-0.05, 0) is 79.0 Å². The average molecular weight is 467 g/mol. The smallest absolute Gasteiger partial charge is 0.291 e. The molecule has 0 saturated carbocycles. The van der Waals surface area contributed by atoms with Gasteiger partial charge in [-0.3, -0.25) is 4.79 Å². The average Bonchev–Trinajstić information content (AvgIpc) is 3.16. The molecule has 0 spiro atoms. The Hall–Kier alpha value is -1.50. The third kappa shape index (κ3) is 4.39. The number of hydrogen-bond acceptors (Lipinski definition) is 4. The quantitative estimate of drug-likeness (QED) is 0.655. The fourth-order valence-corrected chi connectivity index (χ4v) is 4.90. The Morgan fingerprint density at radius 1 is 1.07 bits per heavy atom. The van der Waals surface area contributed by atoms with E-state index in [0.717, 1.165) is 37.3 Å². The van der Waals surface area contributed by atoms with Crippen molar-refractivity contribution in [1.29, 1.82) is 0 Å². The summed E-state index contributed by atoms with van der Waals surface area (Å²) in [6, 6.07) is 9.66. The van der Waals surface area contributed by atoms with Crippen LogP contribution in [0.15, 0.2) is 39.4 Å². The summed E-state index contributed by atoms with van der Waals surface area (Å²) >= 11 is 9.78. The van der Waals surface area contributed by atoms with E-state index in [9.17, 15) is 4.79 Å². The molecule has 2 saturated heterocycles. The molecule has 2 aliphatic rings. The third-order valence-electron chi connectivity index (χ3n) is 5.72. The van der Waals surface area contributed by atoms with Crippen LogP contribution in [-0.2, 0) is 0 Å². The van der Waals surface area contributed by atoms with Crippen molar-refractivity contribution in [3.05, 3.63) is 45.8 Å². The summed E-state index contributed by atoms with van der Waals surface area (Å²) in [6.45, 7) is 4.35. The topological polar surface area (TPSA) is 48.7 Å². The molecular weight excluding hydrogens is 442 g/mol. The van der Waals surface area contributed by atoms with Gasteiger partial charge in [0.15, 0.2) is 10.4 Å². The zero-order chi connectivity index (χ0) is 19.5. The number of anilines is 2. The lowest BCUT2D eigenvalue weighted by Gasteiger charge is -2.41. The van der Waals surface area contributed by atoms with Crippen molar-refractivity contribution in [1.82, 2.24) is 4.90 Å². The van der Waals surface area contributed by atoms with Crippen molar-refractivity contribution >= 4 is 44.8 Å². The zero-order valence-electron chi connectivity index (χ0n) is 15.8. The molecule has 150 valence electrons. The van der Waals surface area contributed by atoms with Gasteiger partial charge in [0.1, 0.15) is 0 Å². The number of nitrogens with zero attached hydrogens (tertiary/aromatic N) is 2. The van der Waals surface area contributed by atoms with Crippen molar-refractivity contribution in [2.45, 2.75) is 38.1 Å². The SMILES string of the molecule is O=C(Nc1cccc(Cl)c1N1CCC(N2CCCCC2)CC1)c1ccc(Br)o1. The highest BCUT2D eigenvalue weighted by molar-refractivity contribution is 9.10. The number of carbonyl (C=O) groups is 1. The number of carbonyl (C=O) groups excluding carboxylic acids is 1. The maximum Gasteiger partial charge on any atom is 0.291 e. The van der Waals surface area contributed by atoms with Gasteiger partial charge in [0.05, 0.1) is 16.4 Å². The van der Waals surface area contributed by atoms with Crippen molar-refractivity contribution in [3.63, 3.8) is 0 Å². The van der Waals surface area contributed by atoms with Gasteiger partial charge in [-0.15, -0.1) is 0 Å². The molecule has 1 aromatic carbocycles. The zero-order valence-corrected chi connectivity index (χ0v) is 18.1. The molecule has 2 fully saturated rings. The van der Waals surface area contributed by atoms with Crippen molar-refractivity contribution in [2.75, 3.05) is 36.4 Å². The molecule has 1 amide bonds. The summed E-state index contributed by atoms with van der Waals surface area (Å²) in [4.78, 5) is 17.5. The normalized spacial score (nSPS) is 19.0. The monoisotopic (exact) mass is 465 g/mol. The lowest BCUT2D eigenvalue weighted by Crippen LogP contribution is -2.47. The van der Waals surface area contributed by atoms with Crippen LogP contribution in [0.25, 0.3) is 0 Å². The van der Waals surface area contributed by atoms with Gasteiger partial charge in [-0.2, -0.15) is 0 Å². The standard InChI is InChI=1S/C21H25BrClN3O2/c22-19-8-7-18(28-19)21(27)24-17-6-4-5-16(23)20(17)26-13-9-15(10-14-26)25-11-2-1-3-12-25/h4-8,15H,1-3,9-14H2,(H,24,27). The Labute approximate surface area is 179 Å². The van der Waals surface area contributed by atoms with E-state index < -0.39 is 0 Å². The van der Waals surface area contributed by atoms with Gasteiger partial charge in [-0.1, -0.05) is 24.1 Å². The van der Waals surface area contributed by atoms with Gasteiger partial charge < -0.3 is 19.5 Å². The lowest BCUT2D eigenvalue weighted by molar-refractivity contribution is 0.0995. The van der Waals surface area contributed by atoms with Gasteiger partial charge in [0.25, 0.3) is 5.91 Å². The van der Waals surface area contributed by atoms with Crippen molar-refractivity contribution < 1.29 is 9.21 Å². The molecule has 5 nitrogen and oxygen atoms in total. The Bertz CT molecular complexity index is 827. The molecular formula is C21H25BrClN3O2. The highest BCUT2D eigenvalue weighted by Crippen LogP contribution is 2.36. The van der Waals surface area contributed by atoms with Gasteiger partial charge in [0, 0.05) is 19.1 Å². The van der Waals surface area contributed by atoms with Crippen LogP contribution < -0.4 is 10.2 Å². The number of hydrogen-bond donors (Lipinski definition) is 1. The minimum atomic E-state index is -0.280. The third-order valence-corrected chi connectivity index (χ3v) is 6.45. The van der Waals surface area contributed by atoms with Crippen molar-refractivity contribution in [2.24, 2.45) is 0 Å². The first kappa shape index (κ1) is 19.8. The molecule has 0 unspecified atom stereocenters. The van der Waals surface area contributed by atoms with Crippen LogP contribution in [-0.4, -0.2) is 43.0 Å². The van der Waals surface area contributed by atoms with Crippen LogP contribution in [0.1, 0.15) is 42.7 Å². The summed E-state index contributed by atoms with van der Waals surface area (Å²) in [6.07, 6.45) is 6.27.